The van der Waals surface area contributed by atoms with Crippen LogP contribution >= 0.6 is 0 Å². The van der Waals surface area contributed by atoms with E-state index in [1.807, 2.05) is 25.1 Å². The molecule has 2 aromatic rings. The number of esters is 2. The van der Waals surface area contributed by atoms with Crippen LogP contribution < -0.4 is 10.1 Å². The molecule has 0 aliphatic heterocycles. The number of aromatic nitrogens is 1. The molecule has 0 aliphatic rings. The SMILES string of the molecule is COc1ccccc1[C@@H](C)NC(=O)COC(=O)c1[nH]c(C)c(C(=O)OC(C)C)c1C. The van der Waals surface area contributed by atoms with Gasteiger partial charge in [-0.2, -0.15) is 0 Å². The van der Waals surface area contributed by atoms with Gasteiger partial charge in [-0.15, -0.1) is 0 Å². The maximum absolute atomic E-state index is 12.4. The van der Waals surface area contributed by atoms with Crippen LogP contribution in [0.5, 0.6) is 5.75 Å². The van der Waals surface area contributed by atoms with Crippen LogP contribution in [0.4, 0.5) is 0 Å². The highest BCUT2D eigenvalue weighted by molar-refractivity contribution is 5.99. The van der Waals surface area contributed by atoms with E-state index < -0.39 is 24.5 Å². The van der Waals surface area contributed by atoms with Gasteiger partial charge in [0.1, 0.15) is 11.4 Å². The molecule has 0 fully saturated rings. The Morgan fingerprint density at radius 2 is 1.73 bits per heavy atom. The summed E-state index contributed by atoms with van der Waals surface area (Å²) < 4.78 is 15.6. The van der Waals surface area contributed by atoms with Gasteiger partial charge in [0, 0.05) is 11.3 Å². The van der Waals surface area contributed by atoms with Gasteiger partial charge in [0.2, 0.25) is 0 Å². The van der Waals surface area contributed by atoms with E-state index in [0.717, 1.165) is 5.56 Å². The molecular weight excluding hydrogens is 388 g/mol. The molecule has 1 aromatic carbocycles. The van der Waals surface area contributed by atoms with Gasteiger partial charge in [-0.1, -0.05) is 18.2 Å². The fourth-order valence-corrected chi connectivity index (χ4v) is 3.12. The van der Waals surface area contributed by atoms with Crippen molar-refractivity contribution in [1.82, 2.24) is 10.3 Å². The number of nitrogens with one attached hydrogen (secondary N) is 2. The van der Waals surface area contributed by atoms with E-state index in [4.69, 9.17) is 14.2 Å². The average Bonchev–Trinajstić information content (AvgIpc) is 2.99. The first-order chi connectivity index (χ1) is 14.1. The zero-order valence-electron chi connectivity index (χ0n) is 18.1. The number of carbonyl (C=O) groups excluding carboxylic acids is 3. The third-order valence-electron chi connectivity index (χ3n) is 4.51. The Labute approximate surface area is 175 Å². The monoisotopic (exact) mass is 416 g/mol. The van der Waals surface area contributed by atoms with Crippen molar-refractivity contribution in [2.45, 2.75) is 46.8 Å². The Morgan fingerprint density at radius 1 is 1.07 bits per heavy atom. The lowest BCUT2D eigenvalue weighted by atomic mass is 10.1. The minimum atomic E-state index is -0.723. The normalized spacial score (nSPS) is 11.7. The molecular formula is C22H28N2O6. The summed E-state index contributed by atoms with van der Waals surface area (Å²) in [5, 5.41) is 2.77. The zero-order chi connectivity index (χ0) is 22.4. The maximum atomic E-state index is 12.4. The molecule has 0 spiro atoms. The van der Waals surface area contributed by atoms with E-state index in [1.165, 1.54) is 0 Å². The van der Waals surface area contributed by atoms with Crippen molar-refractivity contribution in [2.75, 3.05) is 13.7 Å². The van der Waals surface area contributed by atoms with E-state index in [-0.39, 0.29) is 17.8 Å². The molecule has 0 bridgehead atoms. The van der Waals surface area contributed by atoms with E-state index in [2.05, 4.69) is 10.3 Å². The summed E-state index contributed by atoms with van der Waals surface area (Å²) in [5.41, 5.74) is 2.15. The van der Waals surface area contributed by atoms with Crippen molar-refractivity contribution in [3.63, 3.8) is 0 Å². The average molecular weight is 416 g/mol. The highest BCUT2D eigenvalue weighted by Crippen LogP contribution is 2.24. The Kier molecular flexibility index (Phi) is 7.63. The molecule has 162 valence electrons. The second-order valence-corrected chi connectivity index (χ2v) is 7.19. The standard InChI is InChI=1S/C22H28N2O6/c1-12(2)30-21(26)19-13(3)20(24-15(19)5)22(27)29-11-18(25)23-14(4)16-9-7-8-10-17(16)28-6/h7-10,12,14,24H,11H2,1-6H3,(H,23,25)/t14-/m1/s1. The fraction of sp³-hybridized carbons (Fsp3) is 0.409. The van der Waals surface area contributed by atoms with Gasteiger partial charge >= 0.3 is 11.9 Å². The van der Waals surface area contributed by atoms with Gasteiger partial charge in [-0.3, -0.25) is 4.79 Å². The highest BCUT2D eigenvalue weighted by Gasteiger charge is 2.25. The third-order valence-corrected chi connectivity index (χ3v) is 4.51. The molecule has 1 atom stereocenters. The van der Waals surface area contributed by atoms with Crippen LogP contribution in [0.2, 0.25) is 0 Å². The van der Waals surface area contributed by atoms with Crippen LogP contribution in [-0.4, -0.2) is 42.7 Å². The predicted octanol–water partition coefficient (Wildman–Crippen LogP) is 3.24. The van der Waals surface area contributed by atoms with Gasteiger partial charge in [0.25, 0.3) is 5.91 Å². The summed E-state index contributed by atoms with van der Waals surface area (Å²) >= 11 is 0. The van der Waals surface area contributed by atoms with Crippen LogP contribution in [0.25, 0.3) is 0 Å². The smallest absolute Gasteiger partial charge is 0.355 e. The van der Waals surface area contributed by atoms with Crippen LogP contribution in [-0.2, 0) is 14.3 Å². The molecule has 0 aliphatic carbocycles. The van der Waals surface area contributed by atoms with Gasteiger partial charge in [0.05, 0.1) is 24.8 Å². The third kappa shape index (κ3) is 5.40. The second kappa shape index (κ2) is 9.96. The predicted molar refractivity (Wildman–Crippen MR) is 111 cm³/mol. The van der Waals surface area contributed by atoms with Crippen molar-refractivity contribution in [3.05, 3.63) is 52.3 Å². The number of hydrogen-bond acceptors (Lipinski definition) is 6. The van der Waals surface area contributed by atoms with E-state index >= 15 is 0 Å². The number of aryl methyl sites for hydroxylation is 1. The highest BCUT2D eigenvalue weighted by atomic mass is 16.5. The number of amides is 1. The summed E-state index contributed by atoms with van der Waals surface area (Å²) in [4.78, 5) is 39.8. The second-order valence-electron chi connectivity index (χ2n) is 7.19. The molecule has 0 saturated carbocycles. The lowest BCUT2D eigenvalue weighted by Gasteiger charge is -2.17. The Balaban J connectivity index is 2.00. The Morgan fingerprint density at radius 3 is 2.37 bits per heavy atom. The van der Waals surface area contributed by atoms with Crippen LogP contribution in [0.3, 0.4) is 0 Å². The van der Waals surface area contributed by atoms with Gasteiger partial charge in [-0.05, 0) is 46.2 Å². The van der Waals surface area contributed by atoms with Crippen molar-refractivity contribution in [3.8, 4) is 5.75 Å². The molecule has 0 saturated heterocycles. The van der Waals surface area contributed by atoms with Crippen LogP contribution in [0, 0.1) is 13.8 Å². The molecule has 0 unspecified atom stereocenters. The lowest BCUT2D eigenvalue weighted by Crippen LogP contribution is -2.31. The molecule has 2 rings (SSSR count). The summed E-state index contributed by atoms with van der Waals surface area (Å²) in [7, 11) is 1.56. The van der Waals surface area contributed by atoms with Crippen molar-refractivity contribution < 1.29 is 28.6 Å². The van der Waals surface area contributed by atoms with Crippen molar-refractivity contribution in [2.24, 2.45) is 0 Å². The van der Waals surface area contributed by atoms with Crippen LogP contribution in [0.15, 0.2) is 24.3 Å². The molecule has 30 heavy (non-hydrogen) atoms. The molecule has 8 heteroatoms. The van der Waals surface area contributed by atoms with Gasteiger partial charge in [0.15, 0.2) is 6.61 Å². The van der Waals surface area contributed by atoms with Crippen molar-refractivity contribution >= 4 is 17.8 Å². The van der Waals surface area contributed by atoms with E-state index in [0.29, 0.717) is 22.6 Å². The fourth-order valence-electron chi connectivity index (χ4n) is 3.12. The number of benzene rings is 1. The van der Waals surface area contributed by atoms with E-state index in [1.54, 1.807) is 40.9 Å². The van der Waals surface area contributed by atoms with E-state index in [9.17, 15) is 14.4 Å². The van der Waals surface area contributed by atoms with Gasteiger partial charge in [-0.25, -0.2) is 9.59 Å². The van der Waals surface area contributed by atoms with Gasteiger partial charge < -0.3 is 24.5 Å². The largest absolute Gasteiger partial charge is 0.496 e. The number of carbonyl (C=O) groups is 3. The zero-order valence-corrected chi connectivity index (χ0v) is 18.1. The topological polar surface area (TPSA) is 107 Å². The minimum Gasteiger partial charge on any atom is -0.496 e. The number of rotatable bonds is 8. The molecule has 1 aromatic heterocycles. The number of hydrogen-bond donors (Lipinski definition) is 2. The summed E-state index contributed by atoms with van der Waals surface area (Å²) in [6.45, 7) is 8.14. The number of aromatic amines is 1. The van der Waals surface area contributed by atoms with Crippen LogP contribution in [0.1, 0.15) is 64.5 Å². The maximum Gasteiger partial charge on any atom is 0.355 e. The molecule has 1 heterocycles. The Bertz CT molecular complexity index is 932. The molecule has 1 amide bonds. The molecule has 8 nitrogen and oxygen atoms in total. The number of para-hydroxylation sites is 1. The summed E-state index contributed by atoms with van der Waals surface area (Å²) in [6.07, 6.45) is -0.282. The summed E-state index contributed by atoms with van der Waals surface area (Å²) in [5.74, 6) is -1.04. The molecule has 2 N–H and O–H groups in total. The first-order valence-corrected chi connectivity index (χ1v) is 9.65. The molecule has 0 radical (unpaired) electrons. The first kappa shape index (κ1) is 23.0. The first-order valence-electron chi connectivity index (χ1n) is 9.65. The lowest BCUT2D eigenvalue weighted by molar-refractivity contribution is -0.124. The quantitative estimate of drug-likeness (QED) is 0.640. The number of methoxy groups -OCH3 is 1. The summed E-state index contributed by atoms with van der Waals surface area (Å²) in [6, 6.07) is 7.00. The van der Waals surface area contributed by atoms with Crippen molar-refractivity contribution in [1.29, 1.82) is 0 Å². The number of ether oxygens (including phenoxy) is 3. The number of H-pyrrole nitrogens is 1. The minimum absolute atomic E-state index is 0.119. The Hall–Kier alpha value is -3.29.